The zero-order valence-electron chi connectivity index (χ0n) is 16.0. The lowest BCUT2D eigenvalue weighted by Gasteiger charge is -2.35. The molecule has 2 heterocycles. The first-order chi connectivity index (χ1) is 13.4. The summed E-state index contributed by atoms with van der Waals surface area (Å²) in [6, 6.07) is 10.2. The third kappa shape index (κ3) is 4.14. The molecule has 0 N–H and O–H groups in total. The second kappa shape index (κ2) is 7.70. The van der Waals surface area contributed by atoms with Crippen LogP contribution in [0.4, 0.5) is 19.1 Å². The van der Waals surface area contributed by atoms with E-state index in [9.17, 15) is 13.2 Å². The SMILES string of the molecule is C[C@@H]1CCc2nc(N3CCN(Cc4ccccc4)CC3)nc(C(F)(F)F)c2C1. The fourth-order valence-electron chi connectivity index (χ4n) is 4.10. The minimum Gasteiger partial charge on any atom is -0.338 e. The van der Waals surface area contributed by atoms with Crippen molar-refractivity contribution >= 4 is 5.95 Å². The smallest absolute Gasteiger partial charge is 0.338 e. The van der Waals surface area contributed by atoms with E-state index in [4.69, 9.17) is 0 Å². The number of hydrogen-bond donors (Lipinski definition) is 0. The maximum absolute atomic E-state index is 13.6. The van der Waals surface area contributed by atoms with Crippen molar-refractivity contribution in [3.05, 3.63) is 52.8 Å². The standard InChI is InChI=1S/C21H25F3N4/c1-15-7-8-18-17(13-15)19(21(22,23)24)26-20(25-18)28-11-9-27(10-12-28)14-16-5-3-2-4-6-16/h2-6,15H,7-14H2,1H3/t15-/m1/s1. The molecule has 4 nitrogen and oxygen atoms in total. The van der Waals surface area contributed by atoms with Crippen molar-refractivity contribution in [2.45, 2.75) is 38.9 Å². The van der Waals surface area contributed by atoms with Gasteiger partial charge in [0.2, 0.25) is 5.95 Å². The number of fused-ring (bicyclic) bond motifs is 1. The van der Waals surface area contributed by atoms with E-state index in [2.05, 4.69) is 27.0 Å². The Labute approximate surface area is 163 Å². The fourth-order valence-corrected chi connectivity index (χ4v) is 4.10. The Balaban J connectivity index is 1.51. The Kier molecular flexibility index (Phi) is 5.27. The molecule has 0 amide bonds. The van der Waals surface area contributed by atoms with Crippen LogP contribution in [0, 0.1) is 5.92 Å². The van der Waals surface area contributed by atoms with Gasteiger partial charge in [-0.15, -0.1) is 0 Å². The van der Waals surface area contributed by atoms with Crippen LogP contribution in [-0.2, 0) is 25.6 Å². The first kappa shape index (κ1) is 19.2. The molecule has 0 bridgehead atoms. The summed E-state index contributed by atoms with van der Waals surface area (Å²) in [6.07, 6.45) is -2.54. The quantitative estimate of drug-likeness (QED) is 0.795. The number of rotatable bonds is 3. The Morgan fingerprint density at radius 3 is 2.43 bits per heavy atom. The van der Waals surface area contributed by atoms with Crippen LogP contribution in [0.2, 0.25) is 0 Å². The molecule has 0 spiro atoms. The first-order valence-electron chi connectivity index (χ1n) is 9.88. The predicted octanol–water partition coefficient (Wildman–Crippen LogP) is 3.94. The highest BCUT2D eigenvalue weighted by molar-refractivity contribution is 5.40. The second-order valence-corrected chi connectivity index (χ2v) is 7.89. The minimum absolute atomic E-state index is 0.236. The van der Waals surface area contributed by atoms with Crippen molar-refractivity contribution in [3.8, 4) is 0 Å². The van der Waals surface area contributed by atoms with E-state index < -0.39 is 11.9 Å². The highest BCUT2D eigenvalue weighted by Crippen LogP contribution is 2.37. The summed E-state index contributed by atoms with van der Waals surface area (Å²) in [5.41, 5.74) is 1.40. The van der Waals surface area contributed by atoms with Crippen molar-refractivity contribution in [2.24, 2.45) is 5.92 Å². The maximum atomic E-state index is 13.6. The third-order valence-electron chi connectivity index (χ3n) is 5.68. The van der Waals surface area contributed by atoms with Crippen LogP contribution < -0.4 is 4.90 Å². The molecule has 1 saturated heterocycles. The van der Waals surface area contributed by atoms with Gasteiger partial charge in [-0.3, -0.25) is 4.90 Å². The molecule has 1 aromatic heterocycles. The summed E-state index contributed by atoms with van der Waals surface area (Å²) in [5, 5.41) is 0. The summed E-state index contributed by atoms with van der Waals surface area (Å²) in [5.74, 6) is 0.476. The molecule has 150 valence electrons. The van der Waals surface area contributed by atoms with Crippen molar-refractivity contribution in [1.82, 2.24) is 14.9 Å². The van der Waals surface area contributed by atoms with Gasteiger partial charge in [-0.25, -0.2) is 9.97 Å². The van der Waals surface area contributed by atoms with Crippen LogP contribution in [0.1, 0.15) is 35.9 Å². The van der Waals surface area contributed by atoms with E-state index in [1.165, 1.54) is 5.56 Å². The number of anilines is 1. The molecule has 2 aromatic rings. The molecular formula is C21H25F3N4. The predicted molar refractivity (Wildman–Crippen MR) is 102 cm³/mol. The summed E-state index contributed by atoms with van der Waals surface area (Å²) in [6.45, 7) is 5.69. The fraction of sp³-hybridized carbons (Fsp3) is 0.524. The molecular weight excluding hydrogens is 365 g/mol. The van der Waals surface area contributed by atoms with Gasteiger partial charge in [0.15, 0.2) is 5.69 Å². The lowest BCUT2D eigenvalue weighted by atomic mass is 9.87. The van der Waals surface area contributed by atoms with Crippen molar-refractivity contribution in [3.63, 3.8) is 0 Å². The van der Waals surface area contributed by atoms with E-state index in [1.807, 2.05) is 30.0 Å². The van der Waals surface area contributed by atoms with Gasteiger partial charge < -0.3 is 4.90 Å². The van der Waals surface area contributed by atoms with Crippen LogP contribution in [0.3, 0.4) is 0 Å². The number of piperazine rings is 1. The van der Waals surface area contributed by atoms with Gasteiger partial charge in [-0.2, -0.15) is 13.2 Å². The number of aromatic nitrogens is 2. The topological polar surface area (TPSA) is 32.3 Å². The second-order valence-electron chi connectivity index (χ2n) is 7.89. The molecule has 0 unspecified atom stereocenters. The Bertz CT molecular complexity index is 814. The van der Waals surface area contributed by atoms with Crippen LogP contribution in [-0.4, -0.2) is 41.0 Å². The van der Waals surface area contributed by atoms with Crippen LogP contribution in [0.25, 0.3) is 0 Å². The minimum atomic E-state index is -4.44. The number of hydrogen-bond acceptors (Lipinski definition) is 4. The summed E-state index contributed by atoms with van der Waals surface area (Å²) >= 11 is 0. The number of benzene rings is 1. The molecule has 1 aliphatic heterocycles. The van der Waals surface area contributed by atoms with Crippen molar-refractivity contribution in [1.29, 1.82) is 0 Å². The molecule has 1 atom stereocenters. The van der Waals surface area contributed by atoms with Gasteiger partial charge in [0, 0.05) is 44.0 Å². The van der Waals surface area contributed by atoms with Gasteiger partial charge in [-0.05, 0) is 30.7 Å². The largest absolute Gasteiger partial charge is 0.433 e. The van der Waals surface area contributed by atoms with Crippen molar-refractivity contribution in [2.75, 3.05) is 31.1 Å². The normalized spacial score (nSPS) is 20.9. The molecule has 1 fully saturated rings. The average molecular weight is 390 g/mol. The molecule has 0 saturated carbocycles. The molecule has 7 heteroatoms. The highest BCUT2D eigenvalue weighted by atomic mass is 19.4. The van der Waals surface area contributed by atoms with Gasteiger partial charge in [0.05, 0.1) is 0 Å². The van der Waals surface area contributed by atoms with Crippen LogP contribution >= 0.6 is 0 Å². The number of aryl methyl sites for hydroxylation is 1. The summed E-state index contributed by atoms with van der Waals surface area (Å²) < 4.78 is 40.9. The zero-order chi connectivity index (χ0) is 19.7. The highest BCUT2D eigenvalue weighted by Gasteiger charge is 2.39. The van der Waals surface area contributed by atoms with E-state index in [1.54, 1.807) is 0 Å². The number of nitrogens with zero attached hydrogens (tertiary/aromatic N) is 4. The van der Waals surface area contributed by atoms with E-state index in [-0.39, 0.29) is 11.9 Å². The molecule has 1 aromatic carbocycles. The Morgan fingerprint density at radius 2 is 1.75 bits per heavy atom. The Hall–Kier alpha value is -2.15. The van der Waals surface area contributed by atoms with Gasteiger partial charge >= 0.3 is 6.18 Å². The molecule has 0 radical (unpaired) electrons. The van der Waals surface area contributed by atoms with E-state index in [0.717, 1.165) is 26.1 Å². The number of halogens is 3. The third-order valence-corrected chi connectivity index (χ3v) is 5.68. The number of alkyl halides is 3. The lowest BCUT2D eigenvalue weighted by Crippen LogP contribution is -2.46. The van der Waals surface area contributed by atoms with E-state index >= 15 is 0 Å². The summed E-state index contributed by atoms with van der Waals surface area (Å²) in [7, 11) is 0. The molecule has 1 aliphatic carbocycles. The lowest BCUT2D eigenvalue weighted by molar-refractivity contribution is -0.142. The first-order valence-corrected chi connectivity index (χ1v) is 9.88. The molecule has 2 aliphatic rings. The average Bonchev–Trinajstić information content (AvgIpc) is 2.68. The molecule has 4 rings (SSSR count). The van der Waals surface area contributed by atoms with Crippen molar-refractivity contribution < 1.29 is 13.2 Å². The van der Waals surface area contributed by atoms with Crippen LogP contribution in [0.15, 0.2) is 30.3 Å². The zero-order valence-corrected chi connectivity index (χ0v) is 16.0. The van der Waals surface area contributed by atoms with Gasteiger partial charge in [-0.1, -0.05) is 37.3 Å². The van der Waals surface area contributed by atoms with Gasteiger partial charge in [0.1, 0.15) is 0 Å². The van der Waals surface area contributed by atoms with Gasteiger partial charge in [0.25, 0.3) is 0 Å². The molecule has 28 heavy (non-hydrogen) atoms. The van der Waals surface area contributed by atoms with E-state index in [0.29, 0.717) is 37.2 Å². The summed E-state index contributed by atoms with van der Waals surface area (Å²) in [4.78, 5) is 12.8. The monoisotopic (exact) mass is 390 g/mol. The van der Waals surface area contributed by atoms with Crippen LogP contribution in [0.5, 0.6) is 0 Å². The Morgan fingerprint density at radius 1 is 1.04 bits per heavy atom. The maximum Gasteiger partial charge on any atom is 0.433 e.